The number of para-hydroxylation sites is 1. The Labute approximate surface area is 193 Å². The molecule has 0 atom stereocenters. The second-order valence-corrected chi connectivity index (χ2v) is 8.32. The van der Waals surface area contributed by atoms with Gasteiger partial charge in [0.25, 0.3) is 11.8 Å². The Morgan fingerprint density at radius 3 is 2.39 bits per heavy atom. The maximum atomic E-state index is 13.1. The number of carbonyl (C=O) groups excluding carboxylic acids is 2. The number of benzene rings is 3. The van der Waals surface area contributed by atoms with E-state index in [1.807, 2.05) is 71.1 Å². The summed E-state index contributed by atoms with van der Waals surface area (Å²) in [7, 11) is 0. The third kappa shape index (κ3) is 4.17. The summed E-state index contributed by atoms with van der Waals surface area (Å²) in [5, 5.41) is 2.94. The highest BCUT2D eigenvalue weighted by molar-refractivity contribution is 6.07. The van der Waals surface area contributed by atoms with Gasteiger partial charge in [-0.1, -0.05) is 35.9 Å². The first kappa shape index (κ1) is 20.8. The van der Waals surface area contributed by atoms with E-state index in [2.05, 4.69) is 11.4 Å². The first-order valence-corrected chi connectivity index (χ1v) is 11.2. The van der Waals surface area contributed by atoms with Gasteiger partial charge in [-0.15, -0.1) is 0 Å². The van der Waals surface area contributed by atoms with Gasteiger partial charge in [0.2, 0.25) is 0 Å². The predicted molar refractivity (Wildman–Crippen MR) is 131 cm³/mol. The Kier molecular flexibility index (Phi) is 5.53. The lowest BCUT2D eigenvalue weighted by atomic mass is 10.0. The number of rotatable bonds is 4. The molecule has 1 aliphatic rings. The number of nitrogens with zero attached hydrogens (tertiary/aromatic N) is 2. The van der Waals surface area contributed by atoms with Crippen LogP contribution in [0.3, 0.4) is 0 Å². The van der Waals surface area contributed by atoms with Crippen LogP contribution in [0.25, 0.3) is 5.69 Å². The SMILES string of the molecule is Cc1ccc(-n2cccc2C(=O)Nc2ccc(C(=O)N3CCCc4ccccc43)cc2)cc1. The standard InChI is InChI=1S/C28H25N3O2/c1-20-10-16-24(17-11-20)30-18-5-9-26(30)27(32)29-23-14-12-22(13-15-23)28(33)31-19-4-7-21-6-2-3-8-25(21)31/h2-3,5-6,8-18H,4,7,19H2,1H3,(H,29,32). The highest BCUT2D eigenvalue weighted by Crippen LogP contribution is 2.28. The number of carbonyl (C=O) groups is 2. The van der Waals surface area contributed by atoms with Crippen LogP contribution in [0.1, 0.15) is 38.4 Å². The number of hydrogen-bond donors (Lipinski definition) is 1. The van der Waals surface area contributed by atoms with Crippen molar-refractivity contribution in [2.45, 2.75) is 19.8 Å². The fourth-order valence-electron chi connectivity index (χ4n) is 4.29. The number of anilines is 2. The monoisotopic (exact) mass is 435 g/mol. The van der Waals surface area contributed by atoms with Crippen LogP contribution in [0.4, 0.5) is 11.4 Å². The van der Waals surface area contributed by atoms with Crippen molar-refractivity contribution in [2.75, 3.05) is 16.8 Å². The van der Waals surface area contributed by atoms with E-state index >= 15 is 0 Å². The number of nitrogens with one attached hydrogen (secondary N) is 1. The molecule has 0 saturated carbocycles. The molecule has 1 N–H and O–H groups in total. The van der Waals surface area contributed by atoms with Gasteiger partial charge in [-0.05, 0) is 79.9 Å². The van der Waals surface area contributed by atoms with E-state index in [-0.39, 0.29) is 11.8 Å². The van der Waals surface area contributed by atoms with E-state index in [0.717, 1.165) is 24.2 Å². The molecule has 0 saturated heterocycles. The lowest BCUT2D eigenvalue weighted by Gasteiger charge is -2.29. The summed E-state index contributed by atoms with van der Waals surface area (Å²) >= 11 is 0. The van der Waals surface area contributed by atoms with E-state index in [4.69, 9.17) is 0 Å². The fraction of sp³-hybridized carbons (Fsp3) is 0.143. The van der Waals surface area contributed by atoms with Gasteiger partial charge in [0.1, 0.15) is 5.69 Å². The van der Waals surface area contributed by atoms with Gasteiger partial charge in [-0.25, -0.2) is 0 Å². The highest BCUT2D eigenvalue weighted by Gasteiger charge is 2.23. The molecule has 164 valence electrons. The molecule has 1 aromatic heterocycles. The van der Waals surface area contributed by atoms with Gasteiger partial charge in [0, 0.05) is 35.4 Å². The van der Waals surface area contributed by atoms with Gasteiger partial charge in [0.15, 0.2) is 0 Å². The molecule has 5 heteroatoms. The normalized spacial score (nSPS) is 12.8. The van der Waals surface area contributed by atoms with Crippen molar-refractivity contribution in [3.05, 3.63) is 114 Å². The lowest BCUT2D eigenvalue weighted by Crippen LogP contribution is -2.35. The molecule has 0 aliphatic carbocycles. The number of fused-ring (bicyclic) bond motifs is 1. The quantitative estimate of drug-likeness (QED) is 0.452. The first-order chi connectivity index (χ1) is 16.1. The number of aromatic nitrogens is 1. The fourth-order valence-corrected chi connectivity index (χ4v) is 4.29. The zero-order chi connectivity index (χ0) is 22.8. The average Bonchev–Trinajstić information content (AvgIpc) is 3.34. The highest BCUT2D eigenvalue weighted by atomic mass is 16.2. The molecule has 33 heavy (non-hydrogen) atoms. The van der Waals surface area contributed by atoms with Crippen LogP contribution in [0.5, 0.6) is 0 Å². The van der Waals surface area contributed by atoms with Gasteiger partial charge >= 0.3 is 0 Å². The maximum Gasteiger partial charge on any atom is 0.272 e. The van der Waals surface area contributed by atoms with Crippen molar-refractivity contribution in [2.24, 2.45) is 0 Å². The number of aryl methyl sites for hydroxylation is 2. The first-order valence-electron chi connectivity index (χ1n) is 11.2. The summed E-state index contributed by atoms with van der Waals surface area (Å²) in [5.74, 6) is -0.224. The molecule has 0 spiro atoms. The molecule has 0 bridgehead atoms. The smallest absolute Gasteiger partial charge is 0.272 e. The molecule has 2 heterocycles. The summed E-state index contributed by atoms with van der Waals surface area (Å²) in [5.41, 5.74) is 6.09. The molecule has 5 rings (SSSR count). The van der Waals surface area contributed by atoms with Crippen LogP contribution in [0.15, 0.2) is 91.1 Å². The van der Waals surface area contributed by atoms with Crippen molar-refractivity contribution in [3.8, 4) is 5.69 Å². The van der Waals surface area contributed by atoms with Crippen molar-refractivity contribution >= 4 is 23.2 Å². The zero-order valence-corrected chi connectivity index (χ0v) is 18.5. The second kappa shape index (κ2) is 8.79. The molecular formula is C28H25N3O2. The summed E-state index contributed by atoms with van der Waals surface area (Å²) in [6.07, 6.45) is 3.82. The molecule has 0 fully saturated rings. The van der Waals surface area contributed by atoms with Gasteiger partial charge in [-0.3, -0.25) is 9.59 Å². The van der Waals surface area contributed by atoms with Crippen molar-refractivity contribution < 1.29 is 9.59 Å². The summed E-state index contributed by atoms with van der Waals surface area (Å²) in [6, 6.07) is 26.8. The van der Waals surface area contributed by atoms with Gasteiger partial charge in [-0.2, -0.15) is 0 Å². The molecule has 4 aromatic rings. The van der Waals surface area contributed by atoms with E-state index in [1.54, 1.807) is 30.3 Å². The van der Waals surface area contributed by atoms with Crippen LogP contribution >= 0.6 is 0 Å². The molecular weight excluding hydrogens is 410 g/mol. The van der Waals surface area contributed by atoms with E-state index in [9.17, 15) is 9.59 Å². The Bertz CT molecular complexity index is 1300. The third-order valence-corrected chi connectivity index (χ3v) is 6.04. The van der Waals surface area contributed by atoms with Crippen molar-refractivity contribution in [1.29, 1.82) is 0 Å². The molecule has 2 amide bonds. The molecule has 0 radical (unpaired) electrons. The average molecular weight is 436 g/mol. The topological polar surface area (TPSA) is 54.3 Å². The second-order valence-electron chi connectivity index (χ2n) is 8.32. The molecule has 0 unspecified atom stereocenters. The van der Waals surface area contributed by atoms with Crippen LogP contribution in [0, 0.1) is 6.92 Å². The van der Waals surface area contributed by atoms with Crippen LogP contribution in [0.2, 0.25) is 0 Å². The minimum absolute atomic E-state index is 0.0201. The summed E-state index contributed by atoms with van der Waals surface area (Å²) in [6.45, 7) is 2.75. The Hall–Kier alpha value is -4.12. The minimum Gasteiger partial charge on any atom is -0.321 e. The minimum atomic E-state index is -0.204. The molecule has 1 aliphatic heterocycles. The molecule has 3 aromatic carbocycles. The van der Waals surface area contributed by atoms with Crippen LogP contribution < -0.4 is 10.2 Å². The van der Waals surface area contributed by atoms with E-state index < -0.39 is 0 Å². The summed E-state index contributed by atoms with van der Waals surface area (Å²) < 4.78 is 1.86. The van der Waals surface area contributed by atoms with Crippen molar-refractivity contribution in [3.63, 3.8) is 0 Å². The van der Waals surface area contributed by atoms with Crippen molar-refractivity contribution in [1.82, 2.24) is 4.57 Å². The Morgan fingerprint density at radius 1 is 0.848 bits per heavy atom. The lowest BCUT2D eigenvalue weighted by molar-refractivity contribution is 0.0983. The Balaban J connectivity index is 1.31. The summed E-state index contributed by atoms with van der Waals surface area (Å²) in [4.78, 5) is 27.9. The largest absolute Gasteiger partial charge is 0.321 e. The van der Waals surface area contributed by atoms with Crippen LogP contribution in [-0.2, 0) is 6.42 Å². The van der Waals surface area contributed by atoms with Crippen LogP contribution in [-0.4, -0.2) is 22.9 Å². The zero-order valence-electron chi connectivity index (χ0n) is 18.5. The van der Waals surface area contributed by atoms with Gasteiger partial charge < -0.3 is 14.8 Å². The Morgan fingerprint density at radius 2 is 1.61 bits per heavy atom. The predicted octanol–water partition coefficient (Wildman–Crippen LogP) is 5.63. The third-order valence-electron chi connectivity index (χ3n) is 6.04. The number of amides is 2. The molecule has 5 nitrogen and oxygen atoms in total. The number of hydrogen-bond acceptors (Lipinski definition) is 2. The maximum absolute atomic E-state index is 13.1. The van der Waals surface area contributed by atoms with E-state index in [0.29, 0.717) is 23.5 Å². The van der Waals surface area contributed by atoms with E-state index in [1.165, 1.54) is 11.1 Å². The van der Waals surface area contributed by atoms with Gasteiger partial charge in [0.05, 0.1) is 0 Å².